The highest BCUT2D eigenvalue weighted by Gasteiger charge is 2.05. The van der Waals surface area contributed by atoms with E-state index in [0.717, 1.165) is 22.4 Å². The first-order valence-electron chi connectivity index (χ1n) is 6.35. The fourth-order valence-corrected chi connectivity index (χ4v) is 2.30. The number of nitrogen functional groups attached to an aromatic ring is 1. The van der Waals surface area contributed by atoms with Gasteiger partial charge in [-0.3, -0.25) is 0 Å². The second-order valence-corrected chi connectivity index (χ2v) is 4.75. The molecule has 0 saturated heterocycles. The predicted octanol–water partition coefficient (Wildman–Crippen LogP) is 4.47. The van der Waals surface area contributed by atoms with Gasteiger partial charge in [-0.1, -0.05) is 42.5 Å². The van der Waals surface area contributed by atoms with Gasteiger partial charge >= 0.3 is 0 Å². The molecule has 0 radical (unpaired) electrons. The van der Waals surface area contributed by atoms with Crippen LogP contribution in [0.15, 0.2) is 60.7 Å². The van der Waals surface area contributed by atoms with Gasteiger partial charge in [0.2, 0.25) is 0 Å². The molecule has 94 valence electrons. The van der Waals surface area contributed by atoms with Crippen LogP contribution in [0.1, 0.15) is 5.56 Å². The third kappa shape index (κ3) is 2.25. The maximum absolute atomic E-state index is 6.11. The third-order valence-corrected chi connectivity index (χ3v) is 3.25. The fraction of sp³-hybridized carbons (Fsp3) is 0.0588. The zero-order valence-electron chi connectivity index (χ0n) is 10.9. The molecule has 2 nitrogen and oxygen atoms in total. The van der Waals surface area contributed by atoms with Crippen molar-refractivity contribution in [3.05, 3.63) is 66.2 Å². The van der Waals surface area contributed by atoms with Crippen molar-refractivity contribution in [1.82, 2.24) is 0 Å². The lowest BCUT2D eigenvalue weighted by Gasteiger charge is -2.13. The van der Waals surface area contributed by atoms with Crippen LogP contribution in [-0.2, 0) is 0 Å². The standard InChI is InChI=1S/C17H16N2/c1-12-5-4-7-14(11-12)19-17-15-8-3-2-6-13(15)9-10-16(17)18/h2-11,19H,18H2,1H3. The van der Waals surface area contributed by atoms with E-state index < -0.39 is 0 Å². The van der Waals surface area contributed by atoms with Gasteiger partial charge < -0.3 is 11.1 Å². The molecule has 0 saturated carbocycles. The van der Waals surface area contributed by atoms with E-state index in [-0.39, 0.29) is 0 Å². The predicted molar refractivity (Wildman–Crippen MR) is 82.8 cm³/mol. The number of hydrogen-bond donors (Lipinski definition) is 2. The number of hydrogen-bond acceptors (Lipinski definition) is 2. The second kappa shape index (κ2) is 4.65. The minimum atomic E-state index is 0.764. The smallest absolute Gasteiger partial charge is 0.0697 e. The highest BCUT2D eigenvalue weighted by Crippen LogP contribution is 2.32. The Bertz CT molecular complexity index is 732. The summed E-state index contributed by atoms with van der Waals surface area (Å²) in [6, 6.07) is 20.5. The first-order valence-corrected chi connectivity index (χ1v) is 6.35. The van der Waals surface area contributed by atoms with Crippen LogP contribution in [0, 0.1) is 6.92 Å². The highest BCUT2D eigenvalue weighted by atomic mass is 14.9. The molecule has 3 aromatic carbocycles. The molecule has 19 heavy (non-hydrogen) atoms. The van der Waals surface area contributed by atoms with Crippen molar-refractivity contribution in [2.24, 2.45) is 0 Å². The zero-order valence-corrected chi connectivity index (χ0v) is 10.9. The minimum absolute atomic E-state index is 0.764. The summed E-state index contributed by atoms with van der Waals surface area (Å²) in [6.45, 7) is 2.08. The number of nitrogens with one attached hydrogen (secondary N) is 1. The zero-order chi connectivity index (χ0) is 13.2. The third-order valence-electron chi connectivity index (χ3n) is 3.25. The molecule has 0 fully saturated rings. The van der Waals surface area contributed by atoms with Crippen molar-refractivity contribution >= 4 is 27.8 Å². The second-order valence-electron chi connectivity index (χ2n) is 4.75. The Morgan fingerprint density at radius 3 is 2.58 bits per heavy atom. The van der Waals surface area contributed by atoms with E-state index >= 15 is 0 Å². The van der Waals surface area contributed by atoms with Crippen molar-refractivity contribution in [3.8, 4) is 0 Å². The normalized spacial score (nSPS) is 10.6. The number of nitrogens with two attached hydrogens (primary N) is 1. The molecule has 0 aliphatic rings. The first-order chi connectivity index (χ1) is 9.24. The summed E-state index contributed by atoms with van der Waals surface area (Å²) in [5.41, 5.74) is 10.1. The molecular weight excluding hydrogens is 232 g/mol. The first kappa shape index (κ1) is 11.6. The van der Waals surface area contributed by atoms with Gasteiger partial charge in [0.1, 0.15) is 0 Å². The van der Waals surface area contributed by atoms with Crippen molar-refractivity contribution in [1.29, 1.82) is 0 Å². The van der Waals surface area contributed by atoms with Gasteiger partial charge in [-0.15, -0.1) is 0 Å². The van der Waals surface area contributed by atoms with Crippen LogP contribution in [-0.4, -0.2) is 0 Å². The molecule has 2 heteroatoms. The summed E-state index contributed by atoms with van der Waals surface area (Å²) in [7, 11) is 0. The molecule has 0 aliphatic carbocycles. The Hall–Kier alpha value is -2.48. The number of benzene rings is 3. The summed E-state index contributed by atoms with van der Waals surface area (Å²) in [6.07, 6.45) is 0. The summed E-state index contributed by atoms with van der Waals surface area (Å²) in [5.74, 6) is 0. The van der Waals surface area contributed by atoms with Gasteiger partial charge in [-0.05, 0) is 36.1 Å². The molecule has 0 bridgehead atoms. The van der Waals surface area contributed by atoms with Crippen molar-refractivity contribution in [2.75, 3.05) is 11.1 Å². The topological polar surface area (TPSA) is 38.0 Å². The van der Waals surface area contributed by atoms with Crippen LogP contribution < -0.4 is 11.1 Å². The molecule has 0 atom stereocenters. The van der Waals surface area contributed by atoms with Crippen LogP contribution in [0.25, 0.3) is 10.8 Å². The largest absolute Gasteiger partial charge is 0.397 e. The van der Waals surface area contributed by atoms with Crippen LogP contribution in [0.5, 0.6) is 0 Å². The lowest BCUT2D eigenvalue weighted by atomic mass is 10.1. The molecule has 3 rings (SSSR count). The summed E-state index contributed by atoms with van der Waals surface area (Å²) < 4.78 is 0. The van der Waals surface area contributed by atoms with E-state index in [1.165, 1.54) is 10.9 Å². The minimum Gasteiger partial charge on any atom is -0.397 e. The van der Waals surface area contributed by atoms with E-state index in [2.05, 4.69) is 36.5 Å². The van der Waals surface area contributed by atoms with E-state index in [0.29, 0.717) is 0 Å². The van der Waals surface area contributed by atoms with Gasteiger partial charge in [0.25, 0.3) is 0 Å². The lowest BCUT2D eigenvalue weighted by molar-refractivity contribution is 1.45. The summed E-state index contributed by atoms with van der Waals surface area (Å²) in [5, 5.41) is 5.76. The molecule has 0 spiro atoms. The summed E-state index contributed by atoms with van der Waals surface area (Å²) >= 11 is 0. The van der Waals surface area contributed by atoms with E-state index in [4.69, 9.17) is 5.73 Å². The molecular formula is C17H16N2. The Balaban J connectivity index is 2.12. The van der Waals surface area contributed by atoms with E-state index in [1.807, 2.05) is 36.4 Å². The Kier molecular flexibility index (Phi) is 2.84. The van der Waals surface area contributed by atoms with Crippen molar-refractivity contribution in [2.45, 2.75) is 6.92 Å². The van der Waals surface area contributed by atoms with E-state index in [1.54, 1.807) is 0 Å². The van der Waals surface area contributed by atoms with Crippen molar-refractivity contribution in [3.63, 3.8) is 0 Å². The van der Waals surface area contributed by atoms with Gasteiger partial charge in [0.15, 0.2) is 0 Å². The molecule has 3 N–H and O–H groups in total. The molecule has 3 aromatic rings. The van der Waals surface area contributed by atoms with Gasteiger partial charge in [-0.2, -0.15) is 0 Å². The number of aryl methyl sites for hydroxylation is 1. The SMILES string of the molecule is Cc1cccc(Nc2c(N)ccc3ccccc23)c1. The van der Waals surface area contributed by atoms with Gasteiger partial charge in [0.05, 0.1) is 11.4 Å². The van der Waals surface area contributed by atoms with Gasteiger partial charge in [-0.25, -0.2) is 0 Å². The van der Waals surface area contributed by atoms with E-state index in [9.17, 15) is 0 Å². The molecule has 0 aliphatic heterocycles. The van der Waals surface area contributed by atoms with Crippen LogP contribution in [0.2, 0.25) is 0 Å². The van der Waals surface area contributed by atoms with Crippen LogP contribution in [0.3, 0.4) is 0 Å². The number of rotatable bonds is 2. The van der Waals surface area contributed by atoms with Crippen molar-refractivity contribution < 1.29 is 0 Å². The molecule has 0 heterocycles. The Labute approximate surface area is 112 Å². The fourth-order valence-electron chi connectivity index (χ4n) is 2.30. The Morgan fingerprint density at radius 1 is 0.895 bits per heavy atom. The molecule has 0 unspecified atom stereocenters. The lowest BCUT2D eigenvalue weighted by Crippen LogP contribution is -1.97. The number of anilines is 3. The van der Waals surface area contributed by atoms with Gasteiger partial charge in [0, 0.05) is 11.1 Å². The quantitative estimate of drug-likeness (QED) is 0.656. The maximum atomic E-state index is 6.11. The average Bonchev–Trinajstić information content (AvgIpc) is 2.42. The molecule has 0 amide bonds. The van der Waals surface area contributed by atoms with Crippen LogP contribution in [0.4, 0.5) is 17.1 Å². The average molecular weight is 248 g/mol. The Morgan fingerprint density at radius 2 is 1.74 bits per heavy atom. The monoisotopic (exact) mass is 248 g/mol. The maximum Gasteiger partial charge on any atom is 0.0697 e. The molecule has 0 aromatic heterocycles. The highest BCUT2D eigenvalue weighted by molar-refractivity contribution is 6.01. The summed E-state index contributed by atoms with van der Waals surface area (Å²) in [4.78, 5) is 0. The number of fused-ring (bicyclic) bond motifs is 1. The van der Waals surface area contributed by atoms with Crippen LogP contribution >= 0.6 is 0 Å².